The molecule has 0 aromatic heterocycles. The van der Waals surface area contributed by atoms with Crippen molar-refractivity contribution in [2.75, 3.05) is 0 Å². The molecule has 0 saturated heterocycles. The van der Waals surface area contributed by atoms with Crippen LogP contribution >= 0.6 is 11.6 Å². The monoisotopic (exact) mass is 262 g/mol. The second kappa shape index (κ2) is 4.52. The molecule has 94 valence electrons. The van der Waals surface area contributed by atoms with Gasteiger partial charge in [0, 0.05) is 17.4 Å². The third kappa shape index (κ3) is 2.59. The molecule has 2 unspecified atom stereocenters. The minimum atomic E-state index is -2.58. The summed E-state index contributed by atoms with van der Waals surface area (Å²) in [5.74, 6) is -3.61. The first-order chi connectivity index (χ1) is 7.90. The average molecular weight is 263 g/mol. The highest BCUT2D eigenvalue weighted by atomic mass is 35.5. The lowest BCUT2D eigenvalue weighted by atomic mass is 9.76. The summed E-state index contributed by atoms with van der Waals surface area (Å²) in [6.07, 6.45) is 0.688. The van der Waals surface area contributed by atoms with Crippen molar-refractivity contribution >= 4 is 11.6 Å². The predicted molar refractivity (Wildman–Crippen MR) is 62.1 cm³/mol. The van der Waals surface area contributed by atoms with Crippen molar-refractivity contribution in [2.24, 2.45) is 5.92 Å². The molecule has 2 rings (SSSR count). The van der Waals surface area contributed by atoms with E-state index >= 15 is 0 Å². The van der Waals surface area contributed by atoms with E-state index in [9.17, 15) is 13.2 Å². The molecule has 1 aliphatic carbocycles. The molecule has 0 N–H and O–H groups in total. The molecule has 0 bridgehead atoms. The summed E-state index contributed by atoms with van der Waals surface area (Å²) in [6.45, 7) is 1.56. The summed E-state index contributed by atoms with van der Waals surface area (Å²) in [7, 11) is 0. The zero-order valence-electron chi connectivity index (χ0n) is 9.52. The Morgan fingerprint density at radius 1 is 1.35 bits per heavy atom. The number of hydrogen-bond acceptors (Lipinski definition) is 0. The van der Waals surface area contributed by atoms with Crippen molar-refractivity contribution in [1.29, 1.82) is 0 Å². The molecular formula is C13H14ClF3. The number of alkyl halides is 2. The molecule has 0 amide bonds. The highest BCUT2D eigenvalue weighted by Gasteiger charge is 2.42. The zero-order valence-corrected chi connectivity index (χ0v) is 10.3. The highest BCUT2D eigenvalue weighted by Crippen LogP contribution is 2.45. The van der Waals surface area contributed by atoms with Gasteiger partial charge in [0.05, 0.1) is 0 Å². The van der Waals surface area contributed by atoms with E-state index in [0.29, 0.717) is 17.9 Å². The van der Waals surface area contributed by atoms with E-state index in [1.54, 1.807) is 13.0 Å². The summed E-state index contributed by atoms with van der Waals surface area (Å²) in [4.78, 5) is 0. The van der Waals surface area contributed by atoms with E-state index in [1.807, 2.05) is 0 Å². The van der Waals surface area contributed by atoms with Crippen LogP contribution in [0.4, 0.5) is 13.2 Å². The summed E-state index contributed by atoms with van der Waals surface area (Å²) >= 11 is 5.95. The minimum Gasteiger partial charge on any atom is -0.207 e. The van der Waals surface area contributed by atoms with E-state index in [0.717, 1.165) is 5.56 Å². The van der Waals surface area contributed by atoms with Crippen molar-refractivity contribution in [3.05, 3.63) is 34.6 Å². The fourth-order valence-corrected chi connectivity index (χ4v) is 2.77. The average Bonchev–Trinajstić information content (AvgIpc) is 2.23. The molecule has 1 aliphatic rings. The van der Waals surface area contributed by atoms with E-state index < -0.39 is 17.7 Å². The second-order valence-electron chi connectivity index (χ2n) is 4.80. The van der Waals surface area contributed by atoms with Crippen molar-refractivity contribution in [3.8, 4) is 0 Å². The zero-order chi connectivity index (χ0) is 12.6. The largest absolute Gasteiger partial charge is 0.250 e. The van der Waals surface area contributed by atoms with Gasteiger partial charge in [0.15, 0.2) is 0 Å². The van der Waals surface area contributed by atoms with Crippen LogP contribution < -0.4 is 0 Å². The first-order valence-corrected chi connectivity index (χ1v) is 6.10. The quantitative estimate of drug-likeness (QED) is 0.667. The second-order valence-corrected chi connectivity index (χ2v) is 5.21. The SMILES string of the molecule is CC1CC(c2ccc(F)cc2Cl)CCC1(F)F. The van der Waals surface area contributed by atoms with Gasteiger partial charge >= 0.3 is 0 Å². The van der Waals surface area contributed by atoms with Crippen LogP contribution in [0.5, 0.6) is 0 Å². The molecule has 0 heterocycles. The van der Waals surface area contributed by atoms with Crippen LogP contribution in [0.15, 0.2) is 18.2 Å². The molecule has 1 saturated carbocycles. The molecule has 1 aromatic carbocycles. The van der Waals surface area contributed by atoms with Crippen LogP contribution in [-0.4, -0.2) is 5.92 Å². The van der Waals surface area contributed by atoms with Crippen LogP contribution in [-0.2, 0) is 0 Å². The number of rotatable bonds is 1. The number of hydrogen-bond donors (Lipinski definition) is 0. The lowest BCUT2D eigenvalue weighted by Gasteiger charge is -2.34. The Morgan fingerprint density at radius 3 is 2.65 bits per heavy atom. The van der Waals surface area contributed by atoms with Gasteiger partial charge < -0.3 is 0 Å². The standard InChI is InChI=1S/C13H14ClF3/c1-8-6-9(4-5-13(8,16)17)11-3-2-10(15)7-12(11)14/h2-3,7-9H,4-6H2,1H3. The van der Waals surface area contributed by atoms with Gasteiger partial charge in [-0.05, 0) is 36.5 Å². The van der Waals surface area contributed by atoms with Gasteiger partial charge in [0.1, 0.15) is 5.82 Å². The highest BCUT2D eigenvalue weighted by molar-refractivity contribution is 6.31. The molecular weight excluding hydrogens is 249 g/mol. The molecule has 1 aromatic rings. The van der Waals surface area contributed by atoms with Gasteiger partial charge in [-0.15, -0.1) is 0 Å². The van der Waals surface area contributed by atoms with Gasteiger partial charge in [-0.25, -0.2) is 13.2 Å². The van der Waals surface area contributed by atoms with Crippen molar-refractivity contribution in [3.63, 3.8) is 0 Å². The topological polar surface area (TPSA) is 0 Å². The molecule has 0 nitrogen and oxygen atoms in total. The Bertz CT molecular complexity index is 417. The Kier molecular flexibility index (Phi) is 3.39. The van der Waals surface area contributed by atoms with E-state index in [2.05, 4.69) is 0 Å². The minimum absolute atomic E-state index is 0.0118. The summed E-state index contributed by atoms with van der Waals surface area (Å²) in [6, 6.07) is 4.19. The Morgan fingerprint density at radius 2 is 2.06 bits per heavy atom. The number of halogens is 4. The third-order valence-corrected chi connectivity index (χ3v) is 3.91. The Labute approximate surface area is 104 Å². The molecule has 4 heteroatoms. The fourth-order valence-electron chi connectivity index (χ4n) is 2.45. The van der Waals surface area contributed by atoms with Crippen LogP contribution in [0.25, 0.3) is 0 Å². The van der Waals surface area contributed by atoms with E-state index in [1.165, 1.54) is 12.1 Å². The lowest BCUT2D eigenvalue weighted by molar-refractivity contribution is -0.0830. The van der Waals surface area contributed by atoms with Crippen LogP contribution in [0.2, 0.25) is 5.02 Å². The van der Waals surface area contributed by atoms with Crippen LogP contribution in [0.3, 0.4) is 0 Å². The summed E-state index contributed by atoms with van der Waals surface area (Å²) < 4.78 is 39.6. The maximum Gasteiger partial charge on any atom is 0.250 e. The van der Waals surface area contributed by atoms with Gasteiger partial charge in [-0.2, -0.15) is 0 Å². The fraction of sp³-hybridized carbons (Fsp3) is 0.538. The Hall–Kier alpha value is -0.700. The van der Waals surface area contributed by atoms with Crippen LogP contribution in [0, 0.1) is 11.7 Å². The third-order valence-electron chi connectivity index (χ3n) is 3.59. The van der Waals surface area contributed by atoms with Gasteiger partial charge in [0.2, 0.25) is 0 Å². The number of benzene rings is 1. The molecule has 17 heavy (non-hydrogen) atoms. The molecule has 0 aliphatic heterocycles. The summed E-state index contributed by atoms with van der Waals surface area (Å²) in [5, 5.41) is 0.340. The van der Waals surface area contributed by atoms with E-state index in [-0.39, 0.29) is 12.3 Å². The maximum atomic E-state index is 13.4. The van der Waals surface area contributed by atoms with Crippen molar-refractivity contribution in [1.82, 2.24) is 0 Å². The molecule has 2 atom stereocenters. The van der Waals surface area contributed by atoms with Crippen LogP contribution in [0.1, 0.15) is 37.7 Å². The smallest absolute Gasteiger partial charge is 0.207 e. The Balaban J connectivity index is 2.19. The molecule has 0 spiro atoms. The van der Waals surface area contributed by atoms with Crippen molar-refractivity contribution < 1.29 is 13.2 Å². The molecule has 0 radical (unpaired) electrons. The first kappa shape index (κ1) is 12.7. The normalized spacial score (nSPS) is 28.1. The van der Waals surface area contributed by atoms with E-state index in [4.69, 9.17) is 11.6 Å². The summed E-state index contributed by atoms with van der Waals surface area (Å²) in [5.41, 5.74) is 0.787. The first-order valence-electron chi connectivity index (χ1n) is 5.73. The van der Waals surface area contributed by atoms with Crippen molar-refractivity contribution in [2.45, 2.75) is 38.0 Å². The van der Waals surface area contributed by atoms with Gasteiger partial charge in [-0.1, -0.05) is 24.6 Å². The van der Waals surface area contributed by atoms with Gasteiger partial charge in [0.25, 0.3) is 5.92 Å². The van der Waals surface area contributed by atoms with Gasteiger partial charge in [-0.3, -0.25) is 0 Å². The maximum absolute atomic E-state index is 13.4. The lowest BCUT2D eigenvalue weighted by Crippen LogP contribution is -2.32. The molecule has 1 fully saturated rings. The predicted octanol–water partition coefficient (Wildman–Crippen LogP) is 5.02.